The Morgan fingerprint density at radius 2 is 0.707 bits per heavy atom. The van der Waals surface area contributed by atoms with Crippen LogP contribution in [0, 0.1) is 39.3 Å². The number of halogens is 2. The maximum absolute atomic E-state index is 14.6. The largest absolute Gasteiger partial charge is 0.207 e. The van der Waals surface area contributed by atoms with Crippen molar-refractivity contribution >= 4 is 43.1 Å². The molecule has 274 valence electrons. The van der Waals surface area contributed by atoms with Crippen LogP contribution in [0.3, 0.4) is 0 Å². The van der Waals surface area contributed by atoms with Crippen molar-refractivity contribution in [2.24, 2.45) is 0 Å². The molecule has 0 N–H and O–H groups in total. The number of aryl methyl sites for hydroxylation is 4. The lowest BCUT2D eigenvalue weighted by Crippen LogP contribution is -1.97. The third-order valence-electron chi connectivity index (χ3n) is 13.5. The van der Waals surface area contributed by atoms with Gasteiger partial charge in [-0.25, -0.2) is 8.78 Å². The van der Waals surface area contributed by atoms with Gasteiger partial charge in [-0.05, 0) is 195 Å². The van der Waals surface area contributed by atoms with Crippen LogP contribution in [0.1, 0.15) is 22.3 Å². The molecule has 10 aromatic carbocycles. The molecule has 0 bridgehead atoms. The minimum absolute atomic E-state index is 0.261. The zero-order chi connectivity index (χ0) is 39.1. The first-order valence-electron chi connectivity index (χ1n) is 20.1. The molecule has 10 aromatic rings. The molecule has 0 saturated carbocycles. The van der Waals surface area contributed by atoms with Crippen LogP contribution in [0.2, 0.25) is 0 Å². The SMILES string of the molecule is Cc1ccc2c(-c3ccc(F)cc3)c3c(c(-c4ccc(F)cc4)c2c1C)-c1ccc(-c2ccc4c5c(cccc25)-c2c-4c(C)c4ccccc4c2C)c2cccc-3c12. The van der Waals surface area contributed by atoms with Crippen molar-refractivity contribution in [1.29, 1.82) is 0 Å². The number of benzene rings is 10. The van der Waals surface area contributed by atoms with Gasteiger partial charge >= 0.3 is 0 Å². The van der Waals surface area contributed by atoms with Gasteiger partial charge in [0.2, 0.25) is 0 Å². The molecule has 0 fully saturated rings. The normalized spacial score (nSPS) is 12.3. The van der Waals surface area contributed by atoms with E-state index in [-0.39, 0.29) is 11.6 Å². The van der Waals surface area contributed by atoms with E-state index in [0.717, 1.165) is 55.3 Å². The lowest BCUT2D eigenvalue weighted by molar-refractivity contribution is 0.627. The molecule has 2 heteroatoms. The maximum atomic E-state index is 14.6. The molecule has 0 aliphatic heterocycles. The average molecular weight is 747 g/mol. The molecule has 0 radical (unpaired) electrons. The predicted octanol–water partition coefficient (Wildman–Crippen LogP) is 16.1. The van der Waals surface area contributed by atoms with Crippen LogP contribution >= 0.6 is 0 Å². The molecule has 0 spiro atoms. The highest BCUT2D eigenvalue weighted by atomic mass is 19.1. The van der Waals surface area contributed by atoms with Crippen molar-refractivity contribution in [2.45, 2.75) is 27.7 Å². The second-order valence-electron chi connectivity index (χ2n) is 16.3. The van der Waals surface area contributed by atoms with Crippen molar-refractivity contribution < 1.29 is 8.78 Å². The van der Waals surface area contributed by atoms with Crippen LogP contribution in [0.25, 0.3) is 121 Å². The number of rotatable bonds is 3. The summed E-state index contributed by atoms with van der Waals surface area (Å²) in [7, 11) is 0. The lowest BCUT2D eigenvalue weighted by Gasteiger charge is -2.22. The van der Waals surface area contributed by atoms with Crippen molar-refractivity contribution in [3.05, 3.63) is 179 Å². The van der Waals surface area contributed by atoms with Crippen LogP contribution in [0.15, 0.2) is 146 Å². The third kappa shape index (κ3) is 4.27. The number of fused-ring (bicyclic) bond motifs is 8. The second-order valence-corrected chi connectivity index (χ2v) is 16.3. The molecule has 0 amide bonds. The van der Waals surface area contributed by atoms with Gasteiger partial charge in [-0.2, -0.15) is 0 Å². The van der Waals surface area contributed by atoms with Crippen LogP contribution in [0.5, 0.6) is 0 Å². The second kappa shape index (κ2) is 11.8. The number of hydrogen-bond acceptors (Lipinski definition) is 0. The van der Waals surface area contributed by atoms with Crippen molar-refractivity contribution in [2.75, 3.05) is 0 Å². The molecule has 12 rings (SSSR count). The van der Waals surface area contributed by atoms with E-state index < -0.39 is 0 Å². The molecular weight excluding hydrogens is 711 g/mol. The fraction of sp³-hybridized carbons (Fsp3) is 0.0714. The fourth-order valence-electron chi connectivity index (χ4n) is 10.8. The fourth-order valence-corrected chi connectivity index (χ4v) is 10.8. The van der Waals surface area contributed by atoms with Crippen molar-refractivity contribution in [3.63, 3.8) is 0 Å². The van der Waals surface area contributed by atoms with E-state index in [1.807, 2.05) is 24.3 Å². The minimum atomic E-state index is -0.262. The Bertz CT molecular complexity index is 3420. The Morgan fingerprint density at radius 1 is 0.276 bits per heavy atom. The van der Waals surface area contributed by atoms with Gasteiger partial charge < -0.3 is 0 Å². The van der Waals surface area contributed by atoms with Crippen LogP contribution in [-0.4, -0.2) is 0 Å². The molecule has 0 aromatic heterocycles. The van der Waals surface area contributed by atoms with E-state index in [4.69, 9.17) is 0 Å². The van der Waals surface area contributed by atoms with Crippen molar-refractivity contribution in [3.8, 4) is 77.9 Å². The van der Waals surface area contributed by atoms with Gasteiger partial charge in [-0.3, -0.25) is 0 Å². The highest BCUT2D eigenvalue weighted by molar-refractivity contribution is 6.30. The smallest absolute Gasteiger partial charge is 0.123 e. The van der Waals surface area contributed by atoms with Crippen LogP contribution < -0.4 is 0 Å². The molecule has 0 nitrogen and oxygen atoms in total. The van der Waals surface area contributed by atoms with Gasteiger partial charge in [0, 0.05) is 0 Å². The number of hydrogen-bond donors (Lipinski definition) is 0. The van der Waals surface area contributed by atoms with Gasteiger partial charge in [0.25, 0.3) is 0 Å². The summed E-state index contributed by atoms with van der Waals surface area (Å²) in [4.78, 5) is 0. The van der Waals surface area contributed by atoms with Gasteiger partial charge in [0.05, 0.1) is 0 Å². The zero-order valence-corrected chi connectivity index (χ0v) is 32.6. The van der Waals surface area contributed by atoms with E-state index >= 15 is 0 Å². The summed E-state index contributed by atoms with van der Waals surface area (Å²) in [6, 6.07) is 49.9. The Morgan fingerprint density at radius 3 is 1.26 bits per heavy atom. The lowest BCUT2D eigenvalue weighted by atomic mass is 9.80. The van der Waals surface area contributed by atoms with E-state index in [0.29, 0.717) is 0 Å². The highest BCUT2D eigenvalue weighted by Crippen LogP contribution is 2.60. The van der Waals surface area contributed by atoms with Gasteiger partial charge in [0.1, 0.15) is 11.6 Å². The summed E-state index contributed by atoms with van der Waals surface area (Å²) in [6.07, 6.45) is 0. The summed E-state index contributed by atoms with van der Waals surface area (Å²) in [6.45, 7) is 8.89. The first-order valence-corrected chi connectivity index (χ1v) is 20.1. The van der Waals surface area contributed by atoms with Gasteiger partial charge in [-0.1, -0.05) is 121 Å². The highest BCUT2D eigenvalue weighted by Gasteiger charge is 2.33. The maximum Gasteiger partial charge on any atom is 0.123 e. The van der Waals surface area contributed by atoms with E-state index in [9.17, 15) is 8.78 Å². The molecule has 58 heavy (non-hydrogen) atoms. The summed E-state index contributed by atoms with van der Waals surface area (Å²) >= 11 is 0. The summed E-state index contributed by atoms with van der Waals surface area (Å²) < 4.78 is 29.1. The Balaban J connectivity index is 1.18. The molecule has 0 saturated heterocycles. The molecular formula is C56H36F2. The van der Waals surface area contributed by atoms with Crippen molar-refractivity contribution in [1.82, 2.24) is 0 Å². The summed E-state index contributed by atoms with van der Waals surface area (Å²) in [5, 5.41) is 9.83. The quantitative estimate of drug-likeness (QED) is 0.169. The van der Waals surface area contributed by atoms with Crippen LogP contribution in [0.4, 0.5) is 8.78 Å². The Hall–Kier alpha value is -6.90. The monoisotopic (exact) mass is 746 g/mol. The van der Waals surface area contributed by atoms with E-state index in [2.05, 4.69) is 125 Å². The standard InChI is InChI=1S/C56H36F2/c1-29-15-24-45-48(30(29)2)52(34-18-22-36(58)23-19-34)56-47-28-26-40(42-12-8-14-44(54(42)47)55(56)51(45)33-16-20-35(57)21-17-33)39-25-27-46-50-32(4)38-10-6-5-9-37(38)31(3)49(50)43-13-7-11-41(39)53(43)46/h5-28H,1-4H3. The van der Waals surface area contributed by atoms with Gasteiger partial charge in [-0.15, -0.1) is 0 Å². The topological polar surface area (TPSA) is 0 Å². The minimum Gasteiger partial charge on any atom is -0.207 e. The molecule has 2 aliphatic carbocycles. The van der Waals surface area contributed by atoms with E-state index in [1.165, 1.54) is 88.0 Å². The average Bonchev–Trinajstić information content (AvgIpc) is 3.77. The zero-order valence-electron chi connectivity index (χ0n) is 32.6. The van der Waals surface area contributed by atoms with E-state index in [1.54, 1.807) is 24.3 Å². The third-order valence-corrected chi connectivity index (χ3v) is 13.5. The first kappa shape index (κ1) is 33.3. The molecule has 2 aliphatic rings. The summed E-state index contributed by atoms with van der Waals surface area (Å²) in [5.74, 6) is -0.524. The summed E-state index contributed by atoms with van der Waals surface area (Å²) in [5.41, 5.74) is 21.4. The molecule has 0 atom stereocenters. The first-order chi connectivity index (χ1) is 28.3. The Labute approximate surface area is 335 Å². The predicted molar refractivity (Wildman–Crippen MR) is 240 cm³/mol. The Kier molecular flexibility index (Phi) is 6.78. The van der Waals surface area contributed by atoms with Crippen LogP contribution in [-0.2, 0) is 0 Å². The van der Waals surface area contributed by atoms with Gasteiger partial charge in [0.15, 0.2) is 0 Å². The molecule has 0 heterocycles. The molecule has 0 unspecified atom stereocenters.